The molecule has 1 atom stereocenters. The van der Waals surface area contributed by atoms with E-state index in [0.29, 0.717) is 6.54 Å². The molecule has 80 valence electrons. The van der Waals surface area contributed by atoms with Gasteiger partial charge in [-0.1, -0.05) is 18.2 Å². The highest BCUT2D eigenvalue weighted by molar-refractivity contribution is 5.67. The molecule has 2 N–H and O–H groups in total. The summed E-state index contributed by atoms with van der Waals surface area (Å²) in [6, 6.07) is 7.47. The molecule has 1 unspecified atom stereocenters. The van der Waals surface area contributed by atoms with Gasteiger partial charge in [0.05, 0.1) is 13.7 Å². The molecule has 0 spiro atoms. The minimum atomic E-state index is -0.475. The first-order chi connectivity index (χ1) is 7.31. The van der Waals surface area contributed by atoms with Crippen LogP contribution in [0.15, 0.2) is 24.3 Å². The maximum Gasteiger partial charge on any atom is 0.422 e. The first kappa shape index (κ1) is 9.79. The van der Waals surface area contributed by atoms with E-state index in [0.717, 1.165) is 11.3 Å². The van der Waals surface area contributed by atoms with Gasteiger partial charge in [0.15, 0.2) is 0 Å². The molecular formula is C10H12N2O3. The first-order valence-electron chi connectivity index (χ1n) is 4.63. The zero-order valence-electron chi connectivity index (χ0n) is 8.32. The number of rotatable bonds is 2. The molecule has 15 heavy (non-hydrogen) atoms. The van der Waals surface area contributed by atoms with E-state index in [9.17, 15) is 4.79 Å². The molecule has 1 aliphatic heterocycles. The van der Waals surface area contributed by atoms with Gasteiger partial charge >= 0.3 is 6.09 Å². The van der Waals surface area contributed by atoms with Crippen LogP contribution in [0.3, 0.4) is 0 Å². The molecule has 5 nitrogen and oxygen atoms in total. The lowest BCUT2D eigenvalue weighted by Gasteiger charge is -2.25. The Morgan fingerprint density at radius 1 is 1.47 bits per heavy atom. The number of cyclic esters (lactones) is 1. The van der Waals surface area contributed by atoms with Crippen LogP contribution in [0.2, 0.25) is 0 Å². The van der Waals surface area contributed by atoms with E-state index in [1.165, 1.54) is 0 Å². The second kappa shape index (κ2) is 4.18. The van der Waals surface area contributed by atoms with Crippen molar-refractivity contribution in [2.45, 2.75) is 6.10 Å². The highest BCUT2D eigenvalue weighted by Gasteiger charge is 2.23. The molecule has 0 radical (unpaired) electrons. The normalized spacial score (nSPS) is 20.3. The number of carbonyl (C=O) groups excluding carboxylic acids is 1. The van der Waals surface area contributed by atoms with Gasteiger partial charge in [-0.15, -0.1) is 0 Å². The summed E-state index contributed by atoms with van der Waals surface area (Å²) in [4.78, 5) is 11.0. The van der Waals surface area contributed by atoms with E-state index in [1.54, 1.807) is 7.11 Å². The Kier molecular flexibility index (Phi) is 2.73. The van der Waals surface area contributed by atoms with E-state index in [4.69, 9.17) is 9.47 Å². The van der Waals surface area contributed by atoms with Crippen LogP contribution in [0.25, 0.3) is 0 Å². The Labute approximate surface area is 87.3 Å². The highest BCUT2D eigenvalue weighted by atomic mass is 16.6. The second-order valence-electron chi connectivity index (χ2n) is 3.14. The maximum atomic E-state index is 11.0. The van der Waals surface area contributed by atoms with Gasteiger partial charge in [-0.3, -0.25) is 5.43 Å². The van der Waals surface area contributed by atoms with Crippen LogP contribution in [0.5, 0.6) is 5.75 Å². The zero-order chi connectivity index (χ0) is 10.7. The van der Waals surface area contributed by atoms with Gasteiger partial charge in [0.25, 0.3) is 0 Å². The van der Waals surface area contributed by atoms with Gasteiger partial charge in [0, 0.05) is 5.56 Å². The van der Waals surface area contributed by atoms with Crippen LogP contribution in [-0.2, 0) is 4.74 Å². The summed E-state index contributed by atoms with van der Waals surface area (Å²) in [6.45, 7) is 0.520. The van der Waals surface area contributed by atoms with E-state index < -0.39 is 6.09 Å². The molecule has 1 aliphatic rings. The lowest BCUT2D eigenvalue weighted by atomic mass is 10.1. The standard InChI is InChI=1S/C10H12N2O3/c1-14-8-5-3-2-4-7(8)9-6-11-12-10(13)15-9/h2-5,9,11H,6H2,1H3,(H,12,13). The number of benzene rings is 1. The Balaban J connectivity index is 2.24. The summed E-state index contributed by atoms with van der Waals surface area (Å²) in [6.07, 6.45) is -0.785. The average Bonchev–Trinajstić information content (AvgIpc) is 2.29. The number of nitrogens with one attached hydrogen (secondary N) is 2. The van der Waals surface area contributed by atoms with Gasteiger partial charge in [-0.05, 0) is 6.07 Å². The van der Waals surface area contributed by atoms with Gasteiger partial charge in [-0.2, -0.15) is 0 Å². The van der Waals surface area contributed by atoms with Crippen molar-refractivity contribution in [3.8, 4) is 5.75 Å². The number of hydrogen-bond donors (Lipinski definition) is 2. The van der Waals surface area contributed by atoms with Crippen LogP contribution in [0, 0.1) is 0 Å². The molecule has 1 saturated heterocycles. The first-order valence-corrected chi connectivity index (χ1v) is 4.63. The zero-order valence-corrected chi connectivity index (χ0v) is 8.32. The van der Waals surface area contributed by atoms with E-state index in [2.05, 4.69) is 10.9 Å². The van der Waals surface area contributed by atoms with Crippen LogP contribution in [-0.4, -0.2) is 19.7 Å². The van der Waals surface area contributed by atoms with Gasteiger partial charge in [0.1, 0.15) is 11.9 Å². The molecule has 2 rings (SSSR count). The summed E-state index contributed by atoms with van der Waals surface area (Å²) in [5, 5.41) is 0. The lowest BCUT2D eigenvalue weighted by molar-refractivity contribution is 0.0666. The molecule has 1 heterocycles. The summed E-state index contributed by atoms with van der Waals surface area (Å²) < 4.78 is 10.3. The number of methoxy groups -OCH3 is 1. The fraction of sp³-hybridized carbons (Fsp3) is 0.300. The molecule has 0 bridgehead atoms. The molecule has 0 aliphatic carbocycles. The topological polar surface area (TPSA) is 59.6 Å². The van der Waals surface area contributed by atoms with Gasteiger partial charge < -0.3 is 9.47 Å². The average molecular weight is 208 g/mol. The van der Waals surface area contributed by atoms with E-state index in [1.807, 2.05) is 24.3 Å². The summed E-state index contributed by atoms with van der Waals surface area (Å²) >= 11 is 0. The van der Waals surface area contributed by atoms with E-state index >= 15 is 0 Å². The van der Waals surface area contributed by atoms with Gasteiger partial charge in [-0.25, -0.2) is 10.2 Å². The SMILES string of the molecule is COc1ccccc1C1CNNC(=O)O1. The Bertz CT molecular complexity index is 367. The molecule has 0 saturated carbocycles. The van der Waals surface area contributed by atoms with Crippen LogP contribution < -0.4 is 15.6 Å². The highest BCUT2D eigenvalue weighted by Crippen LogP contribution is 2.27. The fourth-order valence-corrected chi connectivity index (χ4v) is 1.52. The molecule has 1 aromatic rings. The third kappa shape index (κ3) is 2.02. The summed E-state index contributed by atoms with van der Waals surface area (Å²) in [5.74, 6) is 0.721. The van der Waals surface area contributed by atoms with Crippen LogP contribution >= 0.6 is 0 Å². The van der Waals surface area contributed by atoms with Gasteiger partial charge in [0.2, 0.25) is 0 Å². The Hall–Kier alpha value is -1.75. The molecule has 1 fully saturated rings. The van der Waals surface area contributed by atoms with Crippen molar-refractivity contribution in [1.29, 1.82) is 0 Å². The van der Waals surface area contributed by atoms with Crippen molar-refractivity contribution in [1.82, 2.24) is 10.9 Å². The van der Waals surface area contributed by atoms with Crippen molar-refractivity contribution >= 4 is 6.09 Å². The van der Waals surface area contributed by atoms with Crippen LogP contribution in [0.4, 0.5) is 4.79 Å². The number of para-hydroxylation sites is 1. The minimum absolute atomic E-state index is 0.310. The summed E-state index contributed by atoms with van der Waals surface area (Å²) in [7, 11) is 1.59. The number of amides is 1. The minimum Gasteiger partial charge on any atom is -0.496 e. The largest absolute Gasteiger partial charge is 0.496 e. The monoisotopic (exact) mass is 208 g/mol. The van der Waals surface area contributed by atoms with Crippen molar-refractivity contribution in [2.75, 3.05) is 13.7 Å². The lowest BCUT2D eigenvalue weighted by Crippen LogP contribution is -2.46. The third-order valence-electron chi connectivity index (χ3n) is 2.21. The van der Waals surface area contributed by atoms with Crippen molar-refractivity contribution in [3.63, 3.8) is 0 Å². The number of hydrogen-bond acceptors (Lipinski definition) is 4. The Morgan fingerprint density at radius 3 is 3.00 bits per heavy atom. The molecule has 0 aromatic heterocycles. The number of ether oxygens (including phenoxy) is 2. The molecule has 1 amide bonds. The predicted octanol–water partition coefficient (Wildman–Crippen LogP) is 0.981. The third-order valence-corrected chi connectivity index (χ3v) is 2.21. The van der Waals surface area contributed by atoms with Crippen molar-refractivity contribution in [2.24, 2.45) is 0 Å². The smallest absolute Gasteiger partial charge is 0.422 e. The van der Waals surface area contributed by atoms with Crippen molar-refractivity contribution in [3.05, 3.63) is 29.8 Å². The maximum absolute atomic E-state index is 11.0. The Morgan fingerprint density at radius 2 is 2.27 bits per heavy atom. The molecule has 1 aromatic carbocycles. The number of hydrazine groups is 1. The summed E-state index contributed by atoms with van der Waals surface area (Å²) in [5.41, 5.74) is 5.98. The quantitative estimate of drug-likeness (QED) is 0.760. The molecular weight excluding hydrogens is 196 g/mol. The second-order valence-corrected chi connectivity index (χ2v) is 3.14. The van der Waals surface area contributed by atoms with E-state index in [-0.39, 0.29) is 6.10 Å². The van der Waals surface area contributed by atoms with Crippen molar-refractivity contribution < 1.29 is 14.3 Å². The molecule has 5 heteroatoms. The van der Waals surface area contributed by atoms with Crippen LogP contribution in [0.1, 0.15) is 11.7 Å². The predicted molar refractivity (Wildman–Crippen MR) is 53.4 cm³/mol. The number of carbonyl (C=O) groups is 1. The fourth-order valence-electron chi connectivity index (χ4n) is 1.52.